The van der Waals surface area contributed by atoms with Gasteiger partial charge in [0.15, 0.2) is 17.1 Å². The van der Waals surface area contributed by atoms with Gasteiger partial charge in [-0.3, -0.25) is 9.59 Å². The first-order chi connectivity index (χ1) is 21.0. The summed E-state index contributed by atoms with van der Waals surface area (Å²) < 4.78 is 61.7. The predicted octanol–water partition coefficient (Wildman–Crippen LogP) is 5.79. The van der Waals surface area contributed by atoms with Crippen LogP contribution in [0.4, 0.5) is 17.6 Å². The fourth-order valence-corrected chi connectivity index (χ4v) is 7.22. The lowest BCUT2D eigenvalue weighted by molar-refractivity contribution is -0.270. The molecule has 2 saturated carbocycles. The van der Waals surface area contributed by atoms with E-state index in [2.05, 4.69) is 35.0 Å². The second kappa shape index (κ2) is 12.6. The summed E-state index contributed by atoms with van der Waals surface area (Å²) in [5.74, 6) is -1.57. The summed E-state index contributed by atoms with van der Waals surface area (Å²) in [5, 5.41) is 17.4. The Labute approximate surface area is 265 Å². The molecule has 5 rings (SSSR count). The molecule has 2 aliphatic carbocycles. The zero-order valence-corrected chi connectivity index (χ0v) is 27.5. The number of piperidine rings is 1. The Morgan fingerprint density at radius 3 is 2.47 bits per heavy atom. The molecule has 2 aromatic rings. The Hall–Kier alpha value is -2.55. The molecular formula is C30H40ClF4N5O4Si. The first-order valence-corrected chi connectivity index (χ1v) is 19.5. The van der Waals surface area contributed by atoms with Gasteiger partial charge in [0.1, 0.15) is 11.9 Å². The molecule has 9 nitrogen and oxygen atoms in total. The molecule has 45 heavy (non-hydrogen) atoms. The normalized spacial score (nSPS) is 25.0. The van der Waals surface area contributed by atoms with Gasteiger partial charge in [-0.15, -0.1) is 0 Å². The van der Waals surface area contributed by atoms with E-state index in [9.17, 15) is 32.3 Å². The molecule has 3 fully saturated rings. The zero-order chi connectivity index (χ0) is 32.8. The lowest BCUT2D eigenvalue weighted by Crippen LogP contribution is -2.54. The number of hydrogen-bond donors (Lipinski definition) is 2. The van der Waals surface area contributed by atoms with Gasteiger partial charge in [-0.2, -0.15) is 18.3 Å². The van der Waals surface area contributed by atoms with Crippen molar-refractivity contribution in [3.63, 3.8) is 0 Å². The highest BCUT2D eigenvalue weighted by atomic mass is 35.5. The fraction of sp³-hybridized carbons (Fsp3) is 0.667. The molecule has 0 aromatic carbocycles. The van der Waals surface area contributed by atoms with Crippen LogP contribution < -0.4 is 5.32 Å². The van der Waals surface area contributed by atoms with E-state index in [0.717, 1.165) is 12.2 Å². The lowest BCUT2D eigenvalue weighted by atomic mass is 9.81. The van der Waals surface area contributed by atoms with Crippen LogP contribution >= 0.6 is 11.6 Å². The third-order valence-corrected chi connectivity index (χ3v) is 11.2. The van der Waals surface area contributed by atoms with E-state index < -0.39 is 50.1 Å². The number of nitrogens with one attached hydrogen (secondary N) is 1. The average molecular weight is 674 g/mol. The third kappa shape index (κ3) is 7.55. The summed E-state index contributed by atoms with van der Waals surface area (Å²) in [6, 6.07) is 3.39. The van der Waals surface area contributed by atoms with Crippen molar-refractivity contribution in [2.24, 2.45) is 5.92 Å². The van der Waals surface area contributed by atoms with E-state index in [1.165, 1.54) is 16.8 Å². The van der Waals surface area contributed by atoms with Gasteiger partial charge in [-0.05, 0) is 69.5 Å². The summed E-state index contributed by atoms with van der Waals surface area (Å²) in [5.41, 5.74) is -2.62. The van der Waals surface area contributed by atoms with Crippen LogP contribution in [0.15, 0.2) is 18.3 Å². The molecule has 0 bridgehead atoms. The SMILES string of the molecule is C[Si](C)(C)CCOCn1nc(C(=O)N2CCC(C(=O)N[C@H]3CC[C@@](O)(C(F)(F)F)CC3)CC23CC3)cc1-c1cc(Cl)ncc1F. The van der Waals surface area contributed by atoms with Gasteiger partial charge in [-0.25, -0.2) is 14.1 Å². The van der Waals surface area contributed by atoms with Gasteiger partial charge in [0.05, 0.1) is 11.9 Å². The van der Waals surface area contributed by atoms with Crippen molar-refractivity contribution in [1.82, 2.24) is 25.0 Å². The number of ether oxygens (including phenoxy) is 1. The number of carbonyl (C=O) groups is 2. The summed E-state index contributed by atoms with van der Waals surface area (Å²) in [6.45, 7) is 7.51. The summed E-state index contributed by atoms with van der Waals surface area (Å²) in [6.07, 6.45) is -2.25. The van der Waals surface area contributed by atoms with E-state index in [-0.39, 0.29) is 53.7 Å². The zero-order valence-electron chi connectivity index (χ0n) is 25.7. The van der Waals surface area contributed by atoms with Gasteiger partial charge in [0.25, 0.3) is 5.91 Å². The molecule has 1 spiro atoms. The Balaban J connectivity index is 1.26. The number of alkyl halides is 3. The highest BCUT2D eigenvalue weighted by Crippen LogP contribution is 2.51. The number of likely N-dealkylation sites (tertiary alicyclic amines) is 1. The number of rotatable bonds is 9. The summed E-state index contributed by atoms with van der Waals surface area (Å²) in [7, 11) is -1.35. The topological polar surface area (TPSA) is 110 Å². The molecule has 1 unspecified atom stereocenters. The van der Waals surface area contributed by atoms with Gasteiger partial charge >= 0.3 is 6.18 Å². The molecular weight excluding hydrogens is 634 g/mol. The monoisotopic (exact) mass is 673 g/mol. The molecule has 1 aliphatic heterocycles. The molecule has 248 valence electrons. The Bertz CT molecular complexity index is 1420. The Morgan fingerprint density at radius 2 is 1.84 bits per heavy atom. The van der Waals surface area contributed by atoms with Crippen LogP contribution in [0.1, 0.15) is 61.9 Å². The average Bonchev–Trinajstić information content (AvgIpc) is 3.58. The molecule has 1 atom stereocenters. The van der Waals surface area contributed by atoms with Gasteiger partial charge in [-0.1, -0.05) is 31.2 Å². The van der Waals surface area contributed by atoms with Crippen LogP contribution in [-0.4, -0.2) is 81.2 Å². The Morgan fingerprint density at radius 1 is 1.16 bits per heavy atom. The number of carbonyl (C=O) groups excluding carboxylic acids is 2. The standard InChI is InChI=1S/C30H40ClF4N5O4Si/c1-45(2,3)13-12-44-18-40-24(21-14-25(31)36-17-22(21)32)15-23(38-40)27(42)39-11-6-19(16-28(39)9-10-28)26(41)37-20-4-7-29(43,8-5-20)30(33,34)35/h14-15,17,19-20,43H,4-13,16,18H2,1-3H3,(H,37,41)/t19?,20-,29-. The van der Waals surface area contributed by atoms with E-state index in [4.69, 9.17) is 16.3 Å². The lowest BCUT2D eigenvalue weighted by Gasteiger charge is -2.41. The van der Waals surface area contributed by atoms with Crippen LogP contribution in [0.2, 0.25) is 30.8 Å². The maximum atomic E-state index is 14.9. The van der Waals surface area contributed by atoms with Gasteiger partial charge in [0.2, 0.25) is 5.91 Å². The fourth-order valence-electron chi connectivity index (χ4n) is 6.31. The molecule has 2 N–H and O–H groups in total. The summed E-state index contributed by atoms with van der Waals surface area (Å²) >= 11 is 6.07. The number of pyridine rings is 1. The smallest absolute Gasteiger partial charge is 0.380 e. The molecule has 0 radical (unpaired) electrons. The van der Waals surface area contributed by atoms with E-state index in [0.29, 0.717) is 44.5 Å². The van der Waals surface area contributed by atoms with Crippen LogP contribution in [0, 0.1) is 11.7 Å². The van der Waals surface area contributed by atoms with Crippen LogP contribution in [-0.2, 0) is 16.3 Å². The maximum Gasteiger partial charge on any atom is 0.417 e. The number of nitrogens with zero attached hydrogens (tertiary/aromatic N) is 4. The first kappa shape index (κ1) is 33.8. The molecule has 1 saturated heterocycles. The van der Waals surface area contributed by atoms with E-state index >= 15 is 0 Å². The predicted molar refractivity (Wildman–Crippen MR) is 162 cm³/mol. The highest BCUT2D eigenvalue weighted by molar-refractivity contribution is 6.76. The van der Waals surface area contributed by atoms with Crippen molar-refractivity contribution < 1.29 is 37.0 Å². The minimum Gasteiger partial charge on any atom is -0.380 e. The summed E-state index contributed by atoms with van der Waals surface area (Å²) in [4.78, 5) is 32.6. The minimum atomic E-state index is -4.70. The van der Waals surface area contributed by atoms with E-state index in [1.807, 2.05) is 0 Å². The van der Waals surface area contributed by atoms with Crippen molar-refractivity contribution in [1.29, 1.82) is 0 Å². The number of amides is 2. The largest absolute Gasteiger partial charge is 0.417 e. The van der Waals surface area contributed by atoms with Crippen LogP contribution in [0.3, 0.4) is 0 Å². The highest BCUT2D eigenvalue weighted by Gasteiger charge is 2.56. The molecule has 3 aliphatic rings. The van der Waals surface area contributed by atoms with Crippen LogP contribution in [0.5, 0.6) is 0 Å². The molecule has 2 amide bonds. The van der Waals surface area contributed by atoms with Crippen LogP contribution in [0.25, 0.3) is 11.3 Å². The van der Waals surface area contributed by atoms with E-state index in [1.54, 1.807) is 4.90 Å². The van der Waals surface area contributed by atoms with Crippen molar-refractivity contribution >= 4 is 31.5 Å². The Kier molecular flexibility index (Phi) is 9.44. The number of halogens is 5. The van der Waals surface area contributed by atoms with Crippen molar-refractivity contribution in [3.8, 4) is 11.3 Å². The minimum absolute atomic E-state index is 0.0153. The molecule has 15 heteroatoms. The van der Waals surface area contributed by atoms with Crippen molar-refractivity contribution in [2.45, 2.75) is 107 Å². The van der Waals surface area contributed by atoms with Gasteiger partial charge < -0.3 is 20.1 Å². The second-order valence-corrected chi connectivity index (χ2v) is 19.9. The first-order valence-electron chi connectivity index (χ1n) is 15.4. The van der Waals surface area contributed by atoms with Crippen molar-refractivity contribution in [3.05, 3.63) is 35.0 Å². The second-order valence-electron chi connectivity index (χ2n) is 13.9. The molecule has 3 heterocycles. The quantitative estimate of drug-likeness (QED) is 0.151. The number of aromatic nitrogens is 3. The van der Waals surface area contributed by atoms with Gasteiger partial charge in [0, 0.05) is 44.3 Å². The van der Waals surface area contributed by atoms with Crippen molar-refractivity contribution in [2.75, 3.05) is 13.2 Å². The third-order valence-electron chi connectivity index (χ3n) is 9.34. The molecule has 2 aromatic heterocycles. The number of hydrogen-bond acceptors (Lipinski definition) is 6. The maximum absolute atomic E-state index is 14.9. The number of aliphatic hydroxyl groups is 1.